The maximum atomic E-state index is 4.69. The highest BCUT2D eigenvalue weighted by atomic mass is 32.2. The topological polar surface area (TPSA) is 12.9 Å². The van der Waals surface area contributed by atoms with Crippen molar-refractivity contribution in [3.05, 3.63) is 71.8 Å². The maximum absolute atomic E-state index is 4.69. The lowest BCUT2D eigenvalue weighted by atomic mass is 10.1. The van der Waals surface area contributed by atoms with E-state index < -0.39 is 0 Å². The number of hydrogen-bond donors (Lipinski definition) is 0. The van der Waals surface area contributed by atoms with Crippen molar-refractivity contribution in [1.29, 1.82) is 0 Å². The van der Waals surface area contributed by atoms with E-state index in [2.05, 4.69) is 61.5 Å². The Morgan fingerprint density at radius 2 is 1.79 bits per heavy atom. The Kier molecular flexibility index (Phi) is 3.51. The van der Waals surface area contributed by atoms with Crippen LogP contribution in [-0.4, -0.2) is 4.98 Å². The minimum absolute atomic E-state index is 0.964. The number of rotatable bonds is 3. The van der Waals surface area contributed by atoms with E-state index in [1.165, 1.54) is 16.5 Å². The molecule has 1 aromatic heterocycles. The Hall–Kier alpha value is -1.80. The fraction of sp³-hybridized carbons (Fsp3) is 0.118. The van der Waals surface area contributed by atoms with Crippen molar-refractivity contribution in [3.8, 4) is 0 Å². The monoisotopic (exact) mass is 265 g/mol. The molecule has 0 aliphatic carbocycles. The van der Waals surface area contributed by atoms with Gasteiger partial charge >= 0.3 is 0 Å². The number of benzene rings is 2. The average molecular weight is 265 g/mol. The molecule has 2 heteroatoms. The number of aryl methyl sites for hydroxylation is 1. The first-order valence-corrected chi connectivity index (χ1v) is 7.34. The molecule has 0 saturated carbocycles. The Balaban J connectivity index is 1.80. The van der Waals surface area contributed by atoms with Crippen molar-refractivity contribution in [2.45, 2.75) is 17.7 Å². The summed E-state index contributed by atoms with van der Waals surface area (Å²) in [5.74, 6) is 0.964. The van der Waals surface area contributed by atoms with E-state index in [4.69, 9.17) is 4.98 Å². The summed E-state index contributed by atoms with van der Waals surface area (Å²) in [4.78, 5) is 4.69. The summed E-state index contributed by atoms with van der Waals surface area (Å²) in [7, 11) is 0. The smallest absolute Gasteiger partial charge is 0.0970 e. The summed E-state index contributed by atoms with van der Waals surface area (Å²) >= 11 is 1.78. The molecular formula is C17H15NS. The minimum atomic E-state index is 0.964. The number of fused-ring (bicyclic) bond motifs is 1. The Morgan fingerprint density at radius 3 is 2.63 bits per heavy atom. The van der Waals surface area contributed by atoms with Crippen molar-refractivity contribution < 1.29 is 0 Å². The van der Waals surface area contributed by atoms with E-state index >= 15 is 0 Å². The zero-order chi connectivity index (χ0) is 13.1. The van der Waals surface area contributed by atoms with Crippen LogP contribution in [0.25, 0.3) is 10.9 Å². The molecule has 19 heavy (non-hydrogen) atoms. The van der Waals surface area contributed by atoms with Crippen molar-refractivity contribution in [2.75, 3.05) is 0 Å². The highest BCUT2D eigenvalue weighted by Gasteiger charge is 2.00. The highest BCUT2D eigenvalue weighted by Crippen LogP contribution is 2.23. The zero-order valence-corrected chi connectivity index (χ0v) is 11.7. The second kappa shape index (κ2) is 5.45. The first kappa shape index (κ1) is 12.2. The summed E-state index contributed by atoms with van der Waals surface area (Å²) in [5, 5.41) is 2.30. The van der Waals surface area contributed by atoms with Crippen molar-refractivity contribution in [2.24, 2.45) is 0 Å². The van der Waals surface area contributed by atoms with Crippen LogP contribution in [0.4, 0.5) is 0 Å². The van der Waals surface area contributed by atoms with Crippen LogP contribution in [0.2, 0.25) is 0 Å². The van der Waals surface area contributed by atoms with Gasteiger partial charge < -0.3 is 0 Å². The molecule has 0 fully saturated rings. The fourth-order valence-electron chi connectivity index (χ4n) is 2.04. The molecule has 0 aliphatic heterocycles. The lowest BCUT2D eigenvalue weighted by molar-refractivity contribution is 1.18. The molecule has 2 aromatic carbocycles. The van der Waals surface area contributed by atoms with Gasteiger partial charge in [-0.25, -0.2) is 4.98 Å². The van der Waals surface area contributed by atoms with Crippen LogP contribution >= 0.6 is 11.8 Å². The average Bonchev–Trinajstić information content (AvgIpc) is 2.46. The number of nitrogens with zero attached hydrogens (tertiary/aromatic N) is 1. The van der Waals surface area contributed by atoms with Crippen molar-refractivity contribution >= 4 is 22.7 Å². The Bertz CT molecular complexity index is 692. The van der Waals surface area contributed by atoms with E-state index in [-0.39, 0.29) is 0 Å². The van der Waals surface area contributed by atoms with Crippen LogP contribution in [0.3, 0.4) is 0 Å². The molecular weight excluding hydrogens is 250 g/mol. The first-order chi connectivity index (χ1) is 9.31. The molecule has 0 saturated heterocycles. The lowest BCUT2D eigenvalue weighted by Crippen LogP contribution is -1.85. The molecule has 1 nitrogen and oxygen atoms in total. The van der Waals surface area contributed by atoms with Crippen LogP contribution < -0.4 is 0 Å². The summed E-state index contributed by atoms with van der Waals surface area (Å²) in [6.45, 7) is 2.11. The summed E-state index contributed by atoms with van der Waals surface area (Å²) in [6.07, 6.45) is 0. The summed E-state index contributed by atoms with van der Waals surface area (Å²) in [6, 6.07) is 21.1. The van der Waals surface area contributed by atoms with Crippen LogP contribution in [0.1, 0.15) is 11.1 Å². The fourth-order valence-corrected chi connectivity index (χ4v) is 2.87. The molecule has 0 N–H and O–H groups in total. The normalized spacial score (nSPS) is 10.8. The standard InChI is InChI=1S/C17H15NS/c1-13-7-9-16-15(11-13)8-10-17(18-16)19-12-14-5-3-2-4-6-14/h2-11H,12H2,1H3. The molecule has 3 rings (SSSR count). The van der Waals surface area contributed by atoms with Gasteiger partial charge in [0.15, 0.2) is 0 Å². The van der Waals surface area contributed by atoms with Gasteiger partial charge in [-0.15, -0.1) is 11.8 Å². The molecule has 0 spiro atoms. The third kappa shape index (κ3) is 2.96. The van der Waals surface area contributed by atoms with Gasteiger partial charge in [0, 0.05) is 11.1 Å². The van der Waals surface area contributed by atoms with Gasteiger partial charge in [-0.3, -0.25) is 0 Å². The molecule has 0 radical (unpaired) electrons. The zero-order valence-electron chi connectivity index (χ0n) is 10.8. The molecule has 3 aromatic rings. The third-order valence-corrected chi connectivity index (χ3v) is 4.05. The molecule has 1 heterocycles. The SMILES string of the molecule is Cc1ccc2nc(SCc3ccccc3)ccc2c1. The highest BCUT2D eigenvalue weighted by molar-refractivity contribution is 7.98. The van der Waals surface area contributed by atoms with Crippen molar-refractivity contribution in [1.82, 2.24) is 4.98 Å². The van der Waals surface area contributed by atoms with Gasteiger partial charge in [0.25, 0.3) is 0 Å². The molecule has 0 atom stereocenters. The predicted octanol–water partition coefficient (Wildman–Crippen LogP) is 4.84. The quantitative estimate of drug-likeness (QED) is 0.629. The molecule has 0 bridgehead atoms. The van der Waals surface area contributed by atoms with Gasteiger partial charge in [-0.1, -0.05) is 48.0 Å². The van der Waals surface area contributed by atoms with E-state index in [9.17, 15) is 0 Å². The predicted molar refractivity (Wildman–Crippen MR) is 82.5 cm³/mol. The van der Waals surface area contributed by atoms with Gasteiger partial charge in [-0.2, -0.15) is 0 Å². The third-order valence-electron chi connectivity index (χ3n) is 3.05. The van der Waals surface area contributed by atoms with E-state index in [1.54, 1.807) is 11.8 Å². The van der Waals surface area contributed by atoms with E-state index in [0.717, 1.165) is 16.3 Å². The summed E-state index contributed by atoms with van der Waals surface area (Å²) < 4.78 is 0. The number of hydrogen-bond acceptors (Lipinski definition) is 2. The lowest BCUT2D eigenvalue weighted by Gasteiger charge is -2.04. The van der Waals surface area contributed by atoms with Crippen LogP contribution in [0, 0.1) is 6.92 Å². The molecule has 0 amide bonds. The van der Waals surface area contributed by atoms with Gasteiger partial charge in [-0.05, 0) is 30.7 Å². The number of pyridine rings is 1. The van der Waals surface area contributed by atoms with E-state index in [0.29, 0.717) is 0 Å². The van der Waals surface area contributed by atoms with Crippen LogP contribution in [0.5, 0.6) is 0 Å². The first-order valence-electron chi connectivity index (χ1n) is 6.35. The van der Waals surface area contributed by atoms with E-state index in [1.807, 2.05) is 6.07 Å². The molecule has 0 aliphatic rings. The Labute approximate surface area is 117 Å². The van der Waals surface area contributed by atoms with Crippen LogP contribution in [0.15, 0.2) is 65.7 Å². The van der Waals surface area contributed by atoms with Gasteiger partial charge in [0.2, 0.25) is 0 Å². The second-order valence-electron chi connectivity index (χ2n) is 4.62. The minimum Gasteiger partial charge on any atom is -0.241 e. The maximum Gasteiger partial charge on any atom is 0.0970 e. The Morgan fingerprint density at radius 1 is 0.947 bits per heavy atom. The van der Waals surface area contributed by atoms with Gasteiger partial charge in [0.1, 0.15) is 0 Å². The largest absolute Gasteiger partial charge is 0.241 e. The summed E-state index contributed by atoms with van der Waals surface area (Å²) in [5.41, 5.74) is 3.68. The molecule has 0 unspecified atom stereocenters. The van der Waals surface area contributed by atoms with Gasteiger partial charge in [0.05, 0.1) is 10.5 Å². The second-order valence-corrected chi connectivity index (χ2v) is 5.62. The molecule has 94 valence electrons. The van der Waals surface area contributed by atoms with Crippen LogP contribution in [-0.2, 0) is 5.75 Å². The van der Waals surface area contributed by atoms with Crippen molar-refractivity contribution in [3.63, 3.8) is 0 Å². The number of thioether (sulfide) groups is 1. The number of aromatic nitrogens is 1.